The first-order valence-electron chi connectivity index (χ1n) is 11.6. The average molecular weight is 433 g/mol. The van der Waals surface area contributed by atoms with Crippen LogP contribution in [0.2, 0.25) is 0 Å². The van der Waals surface area contributed by atoms with Crippen LogP contribution < -0.4 is 0 Å². The van der Waals surface area contributed by atoms with Crippen LogP contribution >= 0.6 is 0 Å². The van der Waals surface area contributed by atoms with Crippen LogP contribution in [0.1, 0.15) is 87.4 Å². The summed E-state index contributed by atoms with van der Waals surface area (Å²) in [5.41, 5.74) is 0.144. The Morgan fingerprint density at radius 1 is 0.935 bits per heavy atom. The molecule has 1 fully saturated rings. The van der Waals surface area contributed by atoms with Crippen LogP contribution in [0.25, 0.3) is 0 Å². The van der Waals surface area contributed by atoms with Gasteiger partial charge in [-0.05, 0) is 64.4 Å². The number of benzene rings is 1. The van der Waals surface area contributed by atoms with Crippen LogP contribution in [0.4, 0.5) is 5.69 Å². The van der Waals surface area contributed by atoms with E-state index in [0.29, 0.717) is 12.8 Å². The van der Waals surface area contributed by atoms with Crippen molar-refractivity contribution in [3.05, 3.63) is 39.9 Å². The second-order valence-corrected chi connectivity index (χ2v) is 8.54. The van der Waals surface area contributed by atoms with Crippen molar-refractivity contribution in [1.82, 2.24) is 4.90 Å². The second kappa shape index (κ2) is 13.9. The van der Waals surface area contributed by atoms with Crippen LogP contribution in [-0.4, -0.2) is 47.8 Å². The molecule has 0 saturated carbocycles. The van der Waals surface area contributed by atoms with E-state index in [4.69, 9.17) is 4.74 Å². The van der Waals surface area contributed by atoms with Gasteiger partial charge in [0.15, 0.2) is 11.9 Å². The zero-order valence-corrected chi connectivity index (χ0v) is 18.7. The molecule has 1 aliphatic rings. The van der Waals surface area contributed by atoms with Gasteiger partial charge in [0.05, 0.1) is 10.5 Å². The number of ketones is 1. The molecule has 0 amide bonds. The first-order chi connectivity index (χ1) is 15.0. The number of rotatable bonds is 3. The highest BCUT2D eigenvalue weighted by Crippen LogP contribution is 2.18. The first-order valence-corrected chi connectivity index (χ1v) is 11.6. The number of hydrogen-bond donors (Lipinski definition) is 0. The predicted octanol–water partition coefficient (Wildman–Crippen LogP) is 5.32. The molecule has 1 heterocycles. The van der Waals surface area contributed by atoms with Crippen LogP contribution in [0.5, 0.6) is 0 Å². The molecule has 31 heavy (non-hydrogen) atoms. The Morgan fingerprint density at radius 2 is 1.48 bits per heavy atom. The molecule has 0 bridgehead atoms. The minimum absolute atomic E-state index is 0.0145. The standard InChI is InChI=1S/C24H36N2O5/c1-25-18-10-6-2-4-8-12-22(27)23(13-9-5-3-7-11-19-25)31-24(28)20-14-16-21(17-15-20)26(29)30/h14-17,23H,2-13,18-19H2,1H3/t23-/m0/s1. The third-order valence-electron chi connectivity index (χ3n) is 5.89. The Hall–Kier alpha value is -2.28. The number of hydrogen-bond acceptors (Lipinski definition) is 6. The molecule has 1 aromatic carbocycles. The number of esters is 1. The fraction of sp³-hybridized carbons (Fsp3) is 0.667. The third-order valence-corrected chi connectivity index (χ3v) is 5.89. The lowest BCUT2D eigenvalue weighted by Gasteiger charge is -2.17. The molecule has 7 heteroatoms. The lowest BCUT2D eigenvalue weighted by molar-refractivity contribution is -0.384. The third kappa shape index (κ3) is 9.59. The van der Waals surface area contributed by atoms with Gasteiger partial charge in [-0.15, -0.1) is 0 Å². The quantitative estimate of drug-likeness (QED) is 0.365. The van der Waals surface area contributed by atoms with Gasteiger partial charge >= 0.3 is 5.97 Å². The van der Waals surface area contributed by atoms with E-state index in [1.54, 1.807) is 0 Å². The summed E-state index contributed by atoms with van der Waals surface area (Å²) in [6, 6.07) is 5.30. The maximum absolute atomic E-state index is 12.7. The highest BCUT2D eigenvalue weighted by Gasteiger charge is 2.23. The molecule has 1 aliphatic heterocycles. The van der Waals surface area contributed by atoms with Gasteiger partial charge in [0.25, 0.3) is 5.69 Å². The minimum atomic E-state index is -0.732. The summed E-state index contributed by atoms with van der Waals surface area (Å²) < 4.78 is 5.56. The number of ether oxygens (including phenoxy) is 1. The molecule has 172 valence electrons. The van der Waals surface area contributed by atoms with Crippen molar-refractivity contribution in [1.29, 1.82) is 0 Å². The number of nitrogens with zero attached hydrogens (tertiary/aromatic N) is 2. The summed E-state index contributed by atoms with van der Waals surface area (Å²) >= 11 is 0. The minimum Gasteiger partial charge on any atom is -0.451 e. The maximum atomic E-state index is 12.7. The van der Waals surface area contributed by atoms with Crippen molar-refractivity contribution >= 4 is 17.4 Å². The largest absolute Gasteiger partial charge is 0.451 e. The summed E-state index contributed by atoms with van der Waals surface area (Å²) in [6.45, 7) is 2.27. The van der Waals surface area contributed by atoms with E-state index in [2.05, 4.69) is 11.9 Å². The van der Waals surface area contributed by atoms with Gasteiger partial charge in [0.2, 0.25) is 0 Å². The number of non-ortho nitro benzene ring substituents is 1. The monoisotopic (exact) mass is 432 g/mol. The van der Waals surface area contributed by atoms with E-state index in [1.807, 2.05) is 0 Å². The summed E-state index contributed by atoms with van der Waals surface area (Å²) in [5.74, 6) is -0.610. The topological polar surface area (TPSA) is 89.8 Å². The van der Waals surface area contributed by atoms with Gasteiger partial charge in [0, 0.05) is 18.6 Å². The lowest BCUT2D eigenvalue weighted by atomic mass is 10.0. The summed E-state index contributed by atoms with van der Waals surface area (Å²) in [7, 11) is 2.19. The molecule has 0 N–H and O–H groups in total. The van der Waals surface area contributed by atoms with Crippen LogP contribution in [0.15, 0.2) is 24.3 Å². The molecule has 1 aromatic rings. The summed E-state index contributed by atoms with van der Waals surface area (Å²) in [5, 5.41) is 10.8. The van der Waals surface area contributed by atoms with Gasteiger partial charge < -0.3 is 9.64 Å². The van der Waals surface area contributed by atoms with Gasteiger partial charge in [-0.1, -0.05) is 38.5 Å². The smallest absolute Gasteiger partial charge is 0.338 e. The van der Waals surface area contributed by atoms with E-state index in [0.717, 1.165) is 51.6 Å². The van der Waals surface area contributed by atoms with Crippen molar-refractivity contribution in [2.45, 2.75) is 83.2 Å². The van der Waals surface area contributed by atoms with E-state index in [1.165, 1.54) is 49.9 Å². The second-order valence-electron chi connectivity index (χ2n) is 8.54. The van der Waals surface area contributed by atoms with E-state index < -0.39 is 17.0 Å². The lowest BCUT2D eigenvalue weighted by Crippen LogP contribution is -2.27. The molecule has 0 spiro atoms. The highest BCUT2D eigenvalue weighted by atomic mass is 16.6. The van der Waals surface area contributed by atoms with Gasteiger partial charge in [-0.2, -0.15) is 0 Å². The molecule has 0 unspecified atom stereocenters. The van der Waals surface area contributed by atoms with Crippen molar-refractivity contribution in [2.24, 2.45) is 0 Å². The molecule has 1 atom stereocenters. The van der Waals surface area contributed by atoms with Crippen LogP contribution in [0.3, 0.4) is 0 Å². The molecule has 7 nitrogen and oxygen atoms in total. The van der Waals surface area contributed by atoms with E-state index >= 15 is 0 Å². The molecule has 0 aliphatic carbocycles. The number of carbonyl (C=O) groups is 2. The Labute approximate surface area is 185 Å². The zero-order valence-electron chi connectivity index (χ0n) is 18.7. The Morgan fingerprint density at radius 3 is 2.10 bits per heavy atom. The fourth-order valence-electron chi connectivity index (χ4n) is 3.93. The van der Waals surface area contributed by atoms with Crippen molar-refractivity contribution in [2.75, 3.05) is 20.1 Å². The molecular formula is C24H36N2O5. The Bertz CT molecular complexity index is 704. The van der Waals surface area contributed by atoms with Crippen molar-refractivity contribution in [3.8, 4) is 0 Å². The number of nitro benzene ring substituents is 1. The Balaban J connectivity index is 1.93. The first kappa shape index (κ1) is 25.0. The predicted molar refractivity (Wildman–Crippen MR) is 120 cm³/mol. The highest BCUT2D eigenvalue weighted by molar-refractivity contribution is 5.93. The van der Waals surface area contributed by atoms with Gasteiger partial charge in [-0.3, -0.25) is 14.9 Å². The molecule has 1 saturated heterocycles. The molecular weight excluding hydrogens is 396 g/mol. The van der Waals surface area contributed by atoms with Crippen molar-refractivity contribution in [3.63, 3.8) is 0 Å². The SMILES string of the molecule is CN1CCCCCCCC(=O)[C@@H](OC(=O)c2ccc([N+](=O)[O-])cc2)CCCCCCC1. The number of carbonyl (C=O) groups excluding carboxylic acids is 2. The van der Waals surface area contributed by atoms with Gasteiger partial charge in [-0.25, -0.2) is 4.79 Å². The summed E-state index contributed by atoms with van der Waals surface area (Å²) in [4.78, 5) is 37.9. The molecule has 2 rings (SSSR count). The molecule has 0 radical (unpaired) electrons. The van der Waals surface area contributed by atoms with E-state index in [9.17, 15) is 19.7 Å². The average Bonchev–Trinajstić information content (AvgIpc) is 2.76. The Kier molecular flexibility index (Phi) is 11.2. The van der Waals surface area contributed by atoms with Crippen LogP contribution in [-0.2, 0) is 9.53 Å². The number of nitro groups is 1. The van der Waals surface area contributed by atoms with E-state index in [-0.39, 0.29) is 17.0 Å². The fourth-order valence-corrected chi connectivity index (χ4v) is 3.93. The zero-order chi connectivity index (χ0) is 22.5. The van der Waals surface area contributed by atoms with Gasteiger partial charge in [0.1, 0.15) is 0 Å². The molecule has 0 aromatic heterocycles. The normalized spacial score (nSPS) is 21.2. The van der Waals surface area contributed by atoms with Crippen molar-refractivity contribution < 1.29 is 19.2 Å². The van der Waals surface area contributed by atoms with Crippen LogP contribution in [0, 0.1) is 10.1 Å². The number of Topliss-reactive ketones (excluding diaryl/α,β-unsaturated/α-hetero) is 1. The maximum Gasteiger partial charge on any atom is 0.338 e. The summed E-state index contributed by atoms with van der Waals surface area (Å²) in [6.07, 6.45) is 10.9.